The molecule has 3 N–H and O–H groups in total. The van der Waals surface area contributed by atoms with Gasteiger partial charge in [0.15, 0.2) is 0 Å². The van der Waals surface area contributed by atoms with E-state index in [0.717, 1.165) is 12.0 Å². The number of amides is 2. The number of nitrogens with one attached hydrogen (secondary N) is 2. The molecule has 1 aromatic rings. The molecule has 0 saturated carbocycles. The largest absolute Gasteiger partial charge is 0.478 e. The number of carbonyl (C=O) groups is 2. The topological polar surface area (TPSA) is 78.4 Å². The Morgan fingerprint density at radius 1 is 1.32 bits per heavy atom. The van der Waals surface area contributed by atoms with Gasteiger partial charge >= 0.3 is 12.0 Å². The van der Waals surface area contributed by atoms with Crippen LogP contribution in [0.4, 0.5) is 10.5 Å². The van der Waals surface area contributed by atoms with Gasteiger partial charge in [-0.15, -0.1) is 0 Å². The summed E-state index contributed by atoms with van der Waals surface area (Å²) in [7, 11) is 0. The van der Waals surface area contributed by atoms with Gasteiger partial charge in [0.05, 0.1) is 11.3 Å². The normalized spacial score (nSPS) is 10.9. The van der Waals surface area contributed by atoms with Gasteiger partial charge in [0.1, 0.15) is 0 Å². The van der Waals surface area contributed by atoms with Crippen LogP contribution in [0.25, 0.3) is 0 Å². The smallest absolute Gasteiger partial charge is 0.337 e. The van der Waals surface area contributed by atoms with Gasteiger partial charge in [0, 0.05) is 5.54 Å². The maximum Gasteiger partial charge on any atom is 0.337 e. The summed E-state index contributed by atoms with van der Waals surface area (Å²) < 4.78 is 0. The van der Waals surface area contributed by atoms with Gasteiger partial charge in [0.2, 0.25) is 0 Å². The van der Waals surface area contributed by atoms with Crippen LogP contribution >= 0.6 is 0 Å². The third-order valence-electron chi connectivity index (χ3n) is 2.99. The number of aryl methyl sites for hydroxylation is 1. The molecular formula is C14H20N2O3. The number of aromatic carboxylic acids is 1. The number of carboxylic acids is 1. The second-order valence-corrected chi connectivity index (χ2v) is 5.17. The fourth-order valence-electron chi connectivity index (χ4n) is 1.49. The summed E-state index contributed by atoms with van der Waals surface area (Å²) in [6.45, 7) is 7.57. The van der Waals surface area contributed by atoms with Gasteiger partial charge in [-0.2, -0.15) is 0 Å². The molecule has 5 nitrogen and oxygen atoms in total. The first-order chi connectivity index (χ1) is 8.75. The molecule has 0 saturated heterocycles. The van der Waals surface area contributed by atoms with Crippen molar-refractivity contribution in [2.75, 3.05) is 5.32 Å². The predicted octanol–water partition coefficient (Wildman–Crippen LogP) is 3.00. The number of carboxylic acid groups (broad SMARTS) is 1. The van der Waals surface area contributed by atoms with Crippen molar-refractivity contribution < 1.29 is 14.7 Å². The van der Waals surface area contributed by atoms with Crippen molar-refractivity contribution in [3.05, 3.63) is 29.3 Å². The van der Waals surface area contributed by atoms with E-state index in [2.05, 4.69) is 10.6 Å². The second kappa shape index (κ2) is 5.73. The number of anilines is 1. The van der Waals surface area contributed by atoms with E-state index in [4.69, 9.17) is 5.11 Å². The van der Waals surface area contributed by atoms with E-state index in [1.54, 1.807) is 19.1 Å². The Kier molecular flexibility index (Phi) is 4.53. The predicted molar refractivity (Wildman–Crippen MR) is 74.7 cm³/mol. The van der Waals surface area contributed by atoms with Crippen LogP contribution in [0.15, 0.2) is 18.2 Å². The number of hydrogen-bond donors (Lipinski definition) is 3. The Bertz CT molecular complexity index is 495. The Morgan fingerprint density at radius 2 is 1.95 bits per heavy atom. The zero-order chi connectivity index (χ0) is 14.6. The third kappa shape index (κ3) is 4.28. The van der Waals surface area contributed by atoms with Crippen LogP contribution in [0.5, 0.6) is 0 Å². The van der Waals surface area contributed by atoms with E-state index >= 15 is 0 Å². The van der Waals surface area contributed by atoms with Gasteiger partial charge in [-0.05, 0) is 39.3 Å². The third-order valence-corrected chi connectivity index (χ3v) is 2.99. The number of benzene rings is 1. The molecule has 1 aromatic carbocycles. The van der Waals surface area contributed by atoms with Crippen LogP contribution in [0, 0.1) is 6.92 Å². The summed E-state index contributed by atoms with van der Waals surface area (Å²) in [5.74, 6) is -1.06. The standard InChI is InChI=1S/C14H20N2O3/c1-5-14(3,4)16-13(19)15-11-7-6-9(2)8-10(11)12(17)18/h6-8H,5H2,1-4H3,(H,17,18)(H2,15,16,19). The van der Waals surface area contributed by atoms with E-state index in [9.17, 15) is 9.59 Å². The average molecular weight is 264 g/mol. The Labute approximate surface area is 113 Å². The number of urea groups is 1. The van der Waals surface area contributed by atoms with Crippen molar-refractivity contribution >= 4 is 17.7 Å². The molecule has 2 amide bonds. The summed E-state index contributed by atoms with van der Waals surface area (Å²) in [5.41, 5.74) is 0.877. The van der Waals surface area contributed by atoms with Crippen LogP contribution in [0.3, 0.4) is 0 Å². The first kappa shape index (κ1) is 15.0. The van der Waals surface area contributed by atoms with E-state index in [1.165, 1.54) is 6.07 Å². The molecule has 0 radical (unpaired) electrons. The van der Waals surface area contributed by atoms with Crippen molar-refractivity contribution in [2.24, 2.45) is 0 Å². The molecule has 19 heavy (non-hydrogen) atoms. The molecule has 0 atom stereocenters. The minimum atomic E-state index is -1.06. The molecule has 0 aliphatic heterocycles. The molecule has 0 aliphatic rings. The second-order valence-electron chi connectivity index (χ2n) is 5.17. The van der Waals surface area contributed by atoms with Crippen LogP contribution < -0.4 is 10.6 Å². The maximum atomic E-state index is 11.8. The van der Waals surface area contributed by atoms with Crippen molar-refractivity contribution in [2.45, 2.75) is 39.7 Å². The van der Waals surface area contributed by atoms with Crippen LogP contribution in [-0.4, -0.2) is 22.6 Å². The minimum absolute atomic E-state index is 0.0875. The monoisotopic (exact) mass is 264 g/mol. The molecule has 0 aliphatic carbocycles. The highest BCUT2D eigenvalue weighted by molar-refractivity contribution is 6.00. The lowest BCUT2D eigenvalue weighted by molar-refractivity contribution is 0.0698. The Balaban J connectivity index is 2.88. The molecule has 5 heteroatoms. The zero-order valence-electron chi connectivity index (χ0n) is 11.7. The molecule has 0 unspecified atom stereocenters. The number of carbonyl (C=O) groups excluding carboxylic acids is 1. The molecule has 0 heterocycles. The first-order valence-corrected chi connectivity index (χ1v) is 6.18. The van der Waals surface area contributed by atoms with E-state index in [1.807, 2.05) is 20.8 Å². The fraction of sp³-hybridized carbons (Fsp3) is 0.429. The van der Waals surface area contributed by atoms with Crippen LogP contribution in [-0.2, 0) is 0 Å². The van der Waals surface area contributed by atoms with Crippen LogP contribution in [0.2, 0.25) is 0 Å². The van der Waals surface area contributed by atoms with Crippen molar-refractivity contribution in [1.82, 2.24) is 5.32 Å². The SMILES string of the molecule is CCC(C)(C)NC(=O)Nc1ccc(C)cc1C(=O)O. The van der Waals surface area contributed by atoms with E-state index in [-0.39, 0.29) is 11.1 Å². The zero-order valence-corrected chi connectivity index (χ0v) is 11.7. The van der Waals surface area contributed by atoms with Gasteiger partial charge in [-0.3, -0.25) is 0 Å². The van der Waals surface area contributed by atoms with Gasteiger partial charge in [0.25, 0.3) is 0 Å². The molecule has 0 fully saturated rings. The van der Waals surface area contributed by atoms with Crippen molar-refractivity contribution in [3.8, 4) is 0 Å². The molecule has 0 bridgehead atoms. The van der Waals surface area contributed by atoms with Gasteiger partial charge in [-0.25, -0.2) is 9.59 Å². The fourth-order valence-corrected chi connectivity index (χ4v) is 1.49. The molecule has 1 rings (SSSR count). The lowest BCUT2D eigenvalue weighted by Crippen LogP contribution is -2.45. The molecule has 0 spiro atoms. The Hall–Kier alpha value is -2.04. The molecule has 104 valence electrons. The van der Waals surface area contributed by atoms with Gasteiger partial charge in [-0.1, -0.05) is 18.6 Å². The highest BCUT2D eigenvalue weighted by atomic mass is 16.4. The summed E-state index contributed by atoms with van der Waals surface area (Å²) in [6.07, 6.45) is 0.778. The lowest BCUT2D eigenvalue weighted by atomic mass is 10.0. The summed E-state index contributed by atoms with van der Waals surface area (Å²) in [5, 5.41) is 14.5. The van der Waals surface area contributed by atoms with E-state index in [0.29, 0.717) is 5.69 Å². The maximum absolute atomic E-state index is 11.8. The van der Waals surface area contributed by atoms with E-state index < -0.39 is 12.0 Å². The minimum Gasteiger partial charge on any atom is -0.478 e. The summed E-state index contributed by atoms with van der Waals surface area (Å²) >= 11 is 0. The number of hydrogen-bond acceptors (Lipinski definition) is 2. The lowest BCUT2D eigenvalue weighted by Gasteiger charge is -2.24. The molecule has 0 aromatic heterocycles. The van der Waals surface area contributed by atoms with Crippen LogP contribution in [0.1, 0.15) is 43.1 Å². The Morgan fingerprint density at radius 3 is 2.47 bits per heavy atom. The highest BCUT2D eigenvalue weighted by Gasteiger charge is 2.19. The average Bonchev–Trinajstić information content (AvgIpc) is 2.30. The van der Waals surface area contributed by atoms with Crippen molar-refractivity contribution in [1.29, 1.82) is 0 Å². The van der Waals surface area contributed by atoms with Crippen molar-refractivity contribution in [3.63, 3.8) is 0 Å². The highest BCUT2D eigenvalue weighted by Crippen LogP contribution is 2.18. The number of rotatable bonds is 4. The molecular weight excluding hydrogens is 244 g/mol. The first-order valence-electron chi connectivity index (χ1n) is 6.18. The van der Waals surface area contributed by atoms with Gasteiger partial charge < -0.3 is 15.7 Å². The quantitative estimate of drug-likeness (QED) is 0.782. The summed E-state index contributed by atoms with van der Waals surface area (Å²) in [6, 6.07) is 4.48. The summed E-state index contributed by atoms with van der Waals surface area (Å²) in [4.78, 5) is 23.0.